The van der Waals surface area contributed by atoms with Crippen molar-refractivity contribution in [3.05, 3.63) is 57.0 Å². The van der Waals surface area contributed by atoms with Crippen molar-refractivity contribution in [1.82, 2.24) is 20.3 Å². The van der Waals surface area contributed by atoms with Crippen LogP contribution in [0.3, 0.4) is 0 Å². The molecular formula is C20H19F3N4O2S. The van der Waals surface area contributed by atoms with Crippen molar-refractivity contribution < 1.29 is 18.0 Å². The van der Waals surface area contributed by atoms with Gasteiger partial charge in [-0.2, -0.15) is 13.2 Å². The standard InChI is InChI=1S/C20H19F3N4O2S/c1-10(2)19(29)24-9-16-25-11(3)17(30-16)18-26-14(8-15(28)27-18)12-4-6-13(7-5-12)20(21,22)23/h4-8,10H,9H2,1-3H3,(H,24,29)(H,26,27,28). The number of benzene rings is 1. The Morgan fingerprint density at radius 3 is 2.47 bits per heavy atom. The number of halogens is 3. The minimum atomic E-state index is -4.44. The minimum absolute atomic E-state index is 0.0970. The molecule has 0 bridgehead atoms. The number of nitrogens with one attached hydrogen (secondary N) is 2. The molecule has 0 atom stereocenters. The van der Waals surface area contributed by atoms with E-state index >= 15 is 0 Å². The number of carbonyl (C=O) groups excluding carboxylic acids is 1. The van der Waals surface area contributed by atoms with Crippen molar-refractivity contribution in [3.63, 3.8) is 0 Å². The summed E-state index contributed by atoms with van der Waals surface area (Å²) in [6.07, 6.45) is -4.44. The van der Waals surface area contributed by atoms with Gasteiger partial charge >= 0.3 is 6.18 Å². The second-order valence-electron chi connectivity index (χ2n) is 6.95. The topological polar surface area (TPSA) is 87.7 Å². The quantitative estimate of drug-likeness (QED) is 0.629. The monoisotopic (exact) mass is 436 g/mol. The molecule has 0 aliphatic carbocycles. The molecule has 2 aromatic heterocycles. The zero-order chi connectivity index (χ0) is 22.1. The van der Waals surface area contributed by atoms with E-state index in [0.29, 0.717) is 21.1 Å². The first-order chi connectivity index (χ1) is 14.0. The van der Waals surface area contributed by atoms with Gasteiger partial charge < -0.3 is 10.3 Å². The molecule has 3 aromatic rings. The van der Waals surface area contributed by atoms with E-state index in [1.165, 1.54) is 29.5 Å². The van der Waals surface area contributed by atoms with Gasteiger partial charge in [0.2, 0.25) is 5.91 Å². The van der Waals surface area contributed by atoms with Crippen LogP contribution in [0.5, 0.6) is 0 Å². The van der Waals surface area contributed by atoms with Crippen LogP contribution in [-0.2, 0) is 17.5 Å². The van der Waals surface area contributed by atoms with Gasteiger partial charge in [0.25, 0.3) is 5.56 Å². The Kier molecular flexibility index (Phi) is 6.06. The Bertz CT molecular complexity index is 1120. The second kappa shape index (κ2) is 8.39. The fourth-order valence-corrected chi connectivity index (χ4v) is 3.61. The number of rotatable bonds is 5. The molecule has 30 heavy (non-hydrogen) atoms. The van der Waals surface area contributed by atoms with Crippen molar-refractivity contribution in [2.45, 2.75) is 33.5 Å². The Hall–Kier alpha value is -3.01. The highest BCUT2D eigenvalue weighted by Crippen LogP contribution is 2.31. The molecule has 0 aliphatic heterocycles. The summed E-state index contributed by atoms with van der Waals surface area (Å²) in [5, 5.41) is 3.43. The summed E-state index contributed by atoms with van der Waals surface area (Å²) in [6.45, 7) is 5.58. The van der Waals surface area contributed by atoms with Gasteiger partial charge in [-0.25, -0.2) is 9.97 Å². The maximum Gasteiger partial charge on any atom is 0.416 e. The van der Waals surface area contributed by atoms with E-state index in [0.717, 1.165) is 12.1 Å². The Labute approximate surface area is 174 Å². The van der Waals surface area contributed by atoms with Crippen LogP contribution >= 0.6 is 11.3 Å². The average molecular weight is 436 g/mol. The molecule has 0 unspecified atom stereocenters. The number of aryl methyl sites for hydroxylation is 1. The molecular weight excluding hydrogens is 417 g/mol. The SMILES string of the molecule is Cc1nc(CNC(=O)C(C)C)sc1-c1nc(-c2ccc(C(F)(F)F)cc2)cc(=O)[nH]1. The lowest BCUT2D eigenvalue weighted by Crippen LogP contribution is -2.26. The number of amides is 1. The molecule has 0 saturated heterocycles. The Morgan fingerprint density at radius 2 is 1.87 bits per heavy atom. The number of H-pyrrole nitrogens is 1. The smallest absolute Gasteiger partial charge is 0.349 e. The number of hydrogen-bond acceptors (Lipinski definition) is 5. The van der Waals surface area contributed by atoms with E-state index in [-0.39, 0.29) is 29.9 Å². The molecule has 10 heteroatoms. The normalized spacial score (nSPS) is 11.7. The van der Waals surface area contributed by atoms with Crippen molar-refractivity contribution in [2.75, 3.05) is 0 Å². The molecule has 2 heterocycles. The van der Waals surface area contributed by atoms with Crippen LogP contribution in [0, 0.1) is 12.8 Å². The van der Waals surface area contributed by atoms with Crippen molar-refractivity contribution in [1.29, 1.82) is 0 Å². The van der Waals surface area contributed by atoms with Gasteiger partial charge in [0.1, 0.15) is 5.01 Å². The number of carbonyl (C=O) groups is 1. The van der Waals surface area contributed by atoms with Crippen LogP contribution in [0.4, 0.5) is 13.2 Å². The zero-order valence-corrected chi connectivity index (χ0v) is 17.2. The Balaban J connectivity index is 1.90. The molecule has 0 fully saturated rings. The molecule has 0 saturated carbocycles. The number of nitrogens with zero attached hydrogens (tertiary/aromatic N) is 2. The van der Waals surface area contributed by atoms with Crippen molar-refractivity contribution >= 4 is 17.2 Å². The summed E-state index contributed by atoms with van der Waals surface area (Å²) in [5.74, 6) is 0.0260. The van der Waals surface area contributed by atoms with E-state index in [2.05, 4.69) is 20.3 Å². The third-order valence-corrected chi connectivity index (χ3v) is 5.41. The van der Waals surface area contributed by atoms with Gasteiger partial charge in [0, 0.05) is 17.5 Å². The predicted molar refractivity (Wildman–Crippen MR) is 108 cm³/mol. The average Bonchev–Trinajstić information content (AvgIpc) is 3.05. The lowest BCUT2D eigenvalue weighted by molar-refractivity contribution is -0.137. The van der Waals surface area contributed by atoms with Crippen molar-refractivity contribution in [3.8, 4) is 22.0 Å². The van der Waals surface area contributed by atoms with Gasteiger partial charge in [-0.05, 0) is 19.1 Å². The zero-order valence-electron chi connectivity index (χ0n) is 16.4. The van der Waals surface area contributed by atoms with E-state index in [1.54, 1.807) is 20.8 Å². The predicted octanol–water partition coefficient (Wildman–Crippen LogP) is 4.16. The molecule has 0 spiro atoms. The summed E-state index contributed by atoms with van der Waals surface area (Å²) in [6, 6.07) is 5.68. The third kappa shape index (κ3) is 4.93. The van der Waals surface area contributed by atoms with Gasteiger partial charge in [-0.15, -0.1) is 11.3 Å². The summed E-state index contributed by atoms with van der Waals surface area (Å²) < 4.78 is 38.3. The fourth-order valence-electron chi connectivity index (χ4n) is 2.66. The summed E-state index contributed by atoms with van der Waals surface area (Å²) in [7, 11) is 0. The molecule has 158 valence electrons. The highest BCUT2D eigenvalue weighted by atomic mass is 32.1. The van der Waals surface area contributed by atoms with Gasteiger partial charge in [0.15, 0.2) is 5.82 Å². The number of aromatic amines is 1. The molecule has 1 aromatic carbocycles. The van der Waals surface area contributed by atoms with Gasteiger partial charge in [0.05, 0.1) is 28.4 Å². The summed E-state index contributed by atoms with van der Waals surface area (Å²) in [4.78, 5) is 36.0. The van der Waals surface area contributed by atoms with Crippen LogP contribution in [-0.4, -0.2) is 20.9 Å². The largest absolute Gasteiger partial charge is 0.416 e. The highest BCUT2D eigenvalue weighted by Gasteiger charge is 2.30. The second-order valence-corrected chi connectivity index (χ2v) is 8.03. The molecule has 3 rings (SSSR count). The first-order valence-corrected chi connectivity index (χ1v) is 9.89. The van der Waals surface area contributed by atoms with E-state index < -0.39 is 17.3 Å². The lowest BCUT2D eigenvalue weighted by atomic mass is 10.1. The van der Waals surface area contributed by atoms with Crippen molar-refractivity contribution in [2.24, 2.45) is 5.92 Å². The van der Waals surface area contributed by atoms with Crippen LogP contribution in [0.15, 0.2) is 35.1 Å². The highest BCUT2D eigenvalue weighted by molar-refractivity contribution is 7.15. The van der Waals surface area contributed by atoms with E-state index in [9.17, 15) is 22.8 Å². The maximum absolute atomic E-state index is 12.8. The number of hydrogen-bond donors (Lipinski definition) is 2. The number of thiazole rings is 1. The van der Waals surface area contributed by atoms with E-state index in [4.69, 9.17) is 0 Å². The van der Waals surface area contributed by atoms with Crippen LogP contribution < -0.4 is 10.9 Å². The molecule has 2 N–H and O–H groups in total. The maximum atomic E-state index is 12.8. The first kappa shape index (κ1) is 21.7. The molecule has 0 aliphatic rings. The summed E-state index contributed by atoms with van der Waals surface area (Å²) >= 11 is 1.28. The first-order valence-electron chi connectivity index (χ1n) is 9.08. The fraction of sp³-hybridized carbons (Fsp3) is 0.300. The molecule has 0 radical (unpaired) electrons. The van der Waals surface area contributed by atoms with Gasteiger partial charge in [-0.3, -0.25) is 9.59 Å². The number of aromatic nitrogens is 3. The van der Waals surface area contributed by atoms with E-state index in [1.807, 2.05) is 0 Å². The van der Waals surface area contributed by atoms with Crippen LogP contribution in [0.2, 0.25) is 0 Å². The van der Waals surface area contributed by atoms with Crippen LogP contribution in [0.25, 0.3) is 22.0 Å². The third-order valence-electron chi connectivity index (χ3n) is 4.24. The van der Waals surface area contributed by atoms with Gasteiger partial charge in [-0.1, -0.05) is 26.0 Å². The summed E-state index contributed by atoms with van der Waals surface area (Å²) in [5.41, 5.74) is 0.0634. The lowest BCUT2D eigenvalue weighted by Gasteiger charge is -2.08. The molecule has 1 amide bonds. The number of alkyl halides is 3. The van der Waals surface area contributed by atoms with Crippen LogP contribution in [0.1, 0.15) is 30.1 Å². The Morgan fingerprint density at radius 1 is 1.20 bits per heavy atom. The molecule has 6 nitrogen and oxygen atoms in total. The minimum Gasteiger partial charge on any atom is -0.349 e.